The number of hydrogen-bond acceptors (Lipinski definition) is 14. The Morgan fingerprint density at radius 3 is 1.87 bits per heavy atom. The highest BCUT2D eigenvalue weighted by molar-refractivity contribution is 6.15. The number of nitrogens with one attached hydrogen (secondary N) is 2. The first-order valence-electron chi connectivity index (χ1n) is 21.2. The van der Waals surface area contributed by atoms with Crippen molar-refractivity contribution in [2.24, 2.45) is 0 Å². The Labute approximate surface area is 357 Å². The number of fused-ring (bicyclic) bond motifs is 10. The van der Waals surface area contributed by atoms with Crippen molar-refractivity contribution in [3.8, 4) is 0 Å². The Morgan fingerprint density at radius 2 is 1.21 bits per heavy atom. The Kier molecular flexibility index (Phi) is 9.82. The van der Waals surface area contributed by atoms with E-state index in [9.17, 15) is 9.59 Å². The Hall–Kier alpha value is -6.92. The van der Waals surface area contributed by atoms with Gasteiger partial charge in [0.15, 0.2) is 34.2 Å². The minimum atomic E-state index is -0.343. The monoisotopic (exact) mass is 834 g/mol. The van der Waals surface area contributed by atoms with Gasteiger partial charge in [-0.1, -0.05) is 18.2 Å². The number of amides is 2. The van der Waals surface area contributed by atoms with Gasteiger partial charge >= 0.3 is 0 Å². The van der Waals surface area contributed by atoms with Crippen LogP contribution in [0.2, 0.25) is 0 Å². The second-order valence-corrected chi connectivity index (χ2v) is 16.5. The molecule has 18 heteroatoms. The van der Waals surface area contributed by atoms with Crippen LogP contribution in [0.1, 0.15) is 39.1 Å². The third-order valence-corrected chi connectivity index (χ3v) is 12.5. The van der Waals surface area contributed by atoms with Crippen LogP contribution in [0.3, 0.4) is 0 Å². The van der Waals surface area contributed by atoms with Crippen molar-refractivity contribution in [3.05, 3.63) is 71.3 Å². The van der Waals surface area contributed by atoms with Crippen LogP contribution in [0.4, 0.5) is 23.0 Å². The summed E-state index contributed by atoms with van der Waals surface area (Å²) in [4.78, 5) is 49.0. The molecular formula is C44H50N16O2. The van der Waals surface area contributed by atoms with Gasteiger partial charge < -0.3 is 40.9 Å². The Morgan fingerprint density at radius 1 is 0.645 bits per heavy atom. The zero-order valence-electron chi connectivity index (χ0n) is 35.7. The van der Waals surface area contributed by atoms with Gasteiger partial charge in [-0.2, -0.15) is 0 Å². The highest BCUT2D eigenvalue weighted by Gasteiger charge is 2.29. The van der Waals surface area contributed by atoms with E-state index in [4.69, 9.17) is 31.0 Å². The first kappa shape index (κ1) is 39.2. The molecule has 0 bridgehead atoms. The molecular weight excluding hydrogens is 785 g/mol. The van der Waals surface area contributed by atoms with Crippen LogP contribution >= 0.6 is 0 Å². The summed E-state index contributed by atoms with van der Waals surface area (Å²) in [7, 11) is 9.47. The molecule has 0 saturated carbocycles. The average molecular weight is 835 g/mol. The van der Waals surface area contributed by atoms with E-state index in [1.54, 1.807) is 14.1 Å². The number of anilines is 4. The van der Waals surface area contributed by atoms with E-state index >= 15 is 0 Å². The van der Waals surface area contributed by atoms with Crippen molar-refractivity contribution < 1.29 is 9.59 Å². The summed E-state index contributed by atoms with van der Waals surface area (Å²) in [5, 5.41) is 26.2. The predicted molar refractivity (Wildman–Crippen MR) is 244 cm³/mol. The molecule has 0 atom stereocenters. The van der Waals surface area contributed by atoms with E-state index in [2.05, 4.69) is 60.4 Å². The summed E-state index contributed by atoms with van der Waals surface area (Å²) in [5.41, 5.74) is 14.5. The zero-order valence-corrected chi connectivity index (χ0v) is 35.7. The second kappa shape index (κ2) is 15.5. The first-order chi connectivity index (χ1) is 30.1. The molecule has 318 valence electrons. The van der Waals surface area contributed by atoms with Crippen molar-refractivity contribution in [3.63, 3.8) is 0 Å². The van der Waals surface area contributed by atoms with Crippen LogP contribution in [0.15, 0.2) is 54.6 Å². The van der Waals surface area contributed by atoms with Gasteiger partial charge in [0, 0.05) is 77.7 Å². The van der Waals surface area contributed by atoms with E-state index < -0.39 is 0 Å². The van der Waals surface area contributed by atoms with Gasteiger partial charge in [0.05, 0.1) is 33.4 Å². The quantitative estimate of drug-likeness (QED) is 0.212. The number of pyridine rings is 2. The molecule has 2 amide bonds. The molecule has 18 nitrogen and oxygen atoms in total. The van der Waals surface area contributed by atoms with Crippen LogP contribution in [0, 0.1) is 0 Å². The van der Waals surface area contributed by atoms with Crippen molar-refractivity contribution in [1.82, 2.24) is 59.6 Å². The minimum Gasteiger partial charge on any atom is -0.397 e. The number of aromatic nitrogens is 8. The van der Waals surface area contributed by atoms with Crippen molar-refractivity contribution >= 4 is 90.3 Å². The standard InChI is InChI=1S/C44H50N16O2/c1-46-43(61)35-37(45)27-23-33(57-16-8-14-54(3)18-20-57)50-52-39(27)60-32-13-12-26(22-30(32)49-41(35)60)25-56(5)38-28-24-34(58-17-9-15-55(4)19-21-58)51-53-40(28)59-31-11-7-6-10-29(31)48-42(59)36(38)44(62)47-2/h6-7,10-13,22-24H,8-9,14-21,25,45H2,1-5H3,(H,46,61)(H,47,62). The first-order valence-corrected chi connectivity index (χ1v) is 21.2. The minimum absolute atomic E-state index is 0.265. The van der Waals surface area contributed by atoms with E-state index in [-0.39, 0.29) is 17.4 Å². The number of likely N-dealkylation sites (N-methyl/N-ethyl adjacent to an activating group) is 2. The fraction of sp³-hybridized carbons (Fsp3) is 0.364. The second-order valence-electron chi connectivity index (χ2n) is 16.5. The molecule has 2 aromatic carbocycles. The molecule has 2 saturated heterocycles. The largest absolute Gasteiger partial charge is 0.397 e. The number of rotatable bonds is 7. The van der Waals surface area contributed by atoms with Gasteiger partial charge in [-0.05, 0) is 82.0 Å². The Bertz CT molecular complexity index is 3090. The lowest BCUT2D eigenvalue weighted by molar-refractivity contribution is 0.0956. The third-order valence-electron chi connectivity index (χ3n) is 12.5. The molecule has 0 spiro atoms. The molecule has 4 N–H and O–H groups in total. The number of benzene rings is 2. The molecule has 0 unspecified atom stereocenters. The molecule has 10 rings (SSSR count). The number of hydrogen-bond donors (Lipinski definition) is 3. The fourth-order valence-electron chi connectivity index (χ4n) is 9.26. The fourth-order valence-corrected chi connectivity index (χ4v) is 9.26. The number of nitrogens with two attached hydrogens (primary N) is 1. The molecule has 2 fully saturated rings. The highest BCUT2D eigenvalue weighted by Crippen LogP contribution is 2.38. The lowest BCUT2D eigenvalue weighted by atomic mass is 10.1. The van der Waals surface area contributed by atoms with E-state index in [1.807, 2.05) is 64.4 Å². The third kappa shape index (κ3) is 6.48. The van der Waals surface area contributed by atoms with Crippen LogP contribution in [0.25, 0.3) is 55.4 Å². The lowest BCUT2D eigenvalue weighted by Gasteiger charge is -2.26. The van der Waals surface area contributed by atoms with Gasteiger partial charge in [-0.15, -0.1) is 20.4 Å². The van der Waals surface area contributed by atoms with Gasteiger partial charge in [0.25, 0.3) is 11.8 Å². The molecule has 2 aliphatic rings. The molecule has 6 aromatic heterocycles. The van der Waals surface area contributed by atoms with Gasteiger partial charge in [0.1, 0.15) is 11.1 Å². The smallest absolute Gasteiger partial charge is 0.256 e. The average Bonchev–Trinajstić information content (AvgIpc) is 3.67. The summed E-state index contributed by atoms with van der Waals surface area (Å²) >= 11 is 0. The number of nitrogens with zero attached hydrogens (tertiary/aromatic N) is 13. The number of imidazole rings is 2. The summed E-state index contributed by atoms with van der Waals surface area (Å²) in [6, 6.07) is 17.9. The molecule has 2 aliphatic heterocycles. The molecule has 8 heterocycles. The zero-order chi connectivity index (χ0) is 42.8. The normalized spacial score (nSPS) is 15.9. The van der Waals surface area contributed by atoms with Crippen LogP contribution in [-0.4, -0.2) is 148 Å². The van der Waals surface area contributed by atoms with Gasteiger partial charge in [-0.25, -0.2) is 9.97 Å². The summed E-state index contributed by atoms with van der Waals surface area (Å²) < 4.78 is 3.82. The van der Waals surface area contributed by atoms with E-state index in [1.165, 1.54) is 0 Å². The van der Waals surface area contributed by atoms with E-state index in [0.717, 1.165) is 104 Å². The topological polar surface area (TPSA) is 187 Å². The number of para-hydroxylation sites is 2. The van der Waals surface area contributed by atoms with E-state index in [0.29, 0.717) is 57.0 Å². The maximum atomic E-state index is 14.1. The Balaban J connectivity index is 1.11. The van der Waals surface area contributed by atoms with Crippen LogP contribution < -0.4 is 31.1 Å². The summed E-state index contributed by atoms with van der Waals surface area (Å²) in [5.74, 6) is 0.870. The highest BCUT2D eigenvalue weighted by atomic mass is 16.2. The van der Waals surface area contributed by atoms with Crippen molar-refractivity contribution in [1.29, 1.82) is 0 Å². The van der Waals surface area contributed by atoms with Crippen molar-refractivity contribution in [2.75, 3.05) is 108 Å². The molecule has 0 radical (unpaired) electrons. The lowest BCUT2D eigenvalue weighted by Crippen LogP contribution is -2.30. The number of carbonyl (C=O) groups is 2. The predicted octanol–water partition coefficient (Wildman–Crippen LogP) is 3.40. The summed E-state index contributed by atoms with van der Waals surface area (Å²) in [6.45, 7) is 7.54. The maximum Gasteiger partial charge on any atom is 0.256 e. The van der Waals surface area contributed by atoms with Crippen molar-refractivity contribution in [2.45, 2.75) is 19.4 Å². The molecule has 62 heavy (non-hydrogen) atoms. The maximum absolute atomic E-state index is 14.1. The molecule has 0 aliphatic carbocycles. The van der Waals surface area contributed by atoms with Gasteiger partial charge in [0.2, 0.25) is 0 Å². The summed E-state index contributed by atoms with van der Waals surface area (Å²) in [6.07, 6.45) is 2.00. The molecule has 8 aromatic rings. The van der Waals surface area contributed by atoms with Crippen LogP contribution in [-0.2, 0) is 6.54 Å². The SMILES string of the molecule is CNC(=O)c1c(N)c2cc(N3CCCN(C)CC3)nnc2n2c1nc1cc(CN(C)c3c(C(=O)NC)c4nc5ccccc5n4c4nnc(N5CCCN(C)CC5)cc34)ccc12. The van der Waals surface area contributed by atoms with Gasteiger partial charge in [-0.3, -0.25) is 18.4 Å². The number of nitrogen functional groups attached to an aromatic ring is 1. The van der Waals surface area contributed by atoms with Crippen LogP contribution in [0.5, 0.6) is 0 Å². The number of carbonyl (C=O) groups excluding carboxylic acids is 2.